The molecular formula is C15H18N2O2. The van der Waals surface area contributed by atoms with Gasteiger partial charge in [0.25, 0.3) is 0 Å². The summed E-state index contributed by atoms with van der Waals surface area (Å²) in [6.45, 7) is 4.58. The fourth-order valence-electron chi connectivity index (χ4n) is 1.65. The summed E-state index contributed by atoms with van der Waals surface area (Å²) < 4.78 is 11.4. The van der Waals surface area contributed by atoms with Crippen molar-refractivity contribution < 1.29 is 9.47 Å². The van der Waals surface area contributed by atoms with Crippen LogP contribution in [0.1, 0.15) is 19.0 Å². The van der Waals surface area contributed by atoms with E-state index in [1.54, 1.807) is 6.20 Å². The Balaban J connectivity index is 2.23. The van der Waals surface area contributed by atoms with E-state index in [-0.39, 0.29) is 0 Å². The molecule has 0 spiro atoms. The Hall–Kier alpha value is -2.23. The summed E-state index contributed by atoms with van der Waals surface area (Å²) in [4.78, 5) is 4.18. The van der Waals surface area contributed by atoms with Gasteiger partial charge in [-0.05, 0) is 37.6 Å². The van der Waals surface area contributed by atoms with Gasteiger partial charge in [0.05, 0.1) is 12.3 Å². The highest BCUT2D eigenvalue weighted by molar-refractivity contribution is 5.63. The minimum Gasteiger partial charge on any atom is -0.491 e. The topological polar surface area (TPSA) is 57.4 Å². The fraction of sp³-hybridized carbons (Fsp3) is 0.267. The van der Waals surface area contributed by atoms with E-state index in [0.717, 1.165) is 12.1 Å². The lowest BCUT2D eigenvalue weighted by molar-refractivity contribution is 0.318. The summed E-state index contributed by atoms with van der Waals surface area (Å²) >= 11 is 0. The first kappa shape index (κ1) is 13.2. The predicted octanol–water partition coefficient (Wildman–Crippen LogP) is 3.55. The first-order valence-electron chi connectivity index (χ1n) is 6.33. The lowest BCUT2D eigenvalue weighted by atomic mass is 10.2. The van der Waals surface area contributed by atoms with Crippen molar-refractivity contribution in [1.29, 1.82) is 0 Å². The van der Waals surface area contributed by atoms with Gasteiger partial charge in [-0.1, -0.05) is 13.0 Å². The monoisotopic (exact) mass is 258 g/mol. The van der Waals surface area contributed by atoms with Crippen LogP contribution < -0.4 is 15.2 Å². The molecule has 0 saturated heterocycles. The Morgan fingerprint density at radius 2 is 1.84 bits per heavy atom. The molecule has 0 fully saturated rings. The van der Waals surface area contributed by atoms with Gasteiger partial charge in [-0.15, -0.1) is 0 Å². The molecule has 19 heavy (non-hydrogen) atoms. The Morgan fingerprint density at radius 3 is 2.58 bits per heavy atom. The molecule has 0 bridgehead atoms. The van der Waals surface area contributed by atoms with Crippen molar-refractivity contribution in [2.24, 2.45) is 0 Å². The van der Waals surface area contributed by atoms with Crippen molar-refractivity contribution in [3.8, 4) is 17.2 Å². The predicted molar refractivity (Wildman–Crippen MR) is 75.7 cm³/mol. The number of hydrogen-bond acceptors (Lipinski definition) is 4. The zero-order valence-electron chi connectivity index (χ0n) is 11.2. The lowest BCUT2D eigenvalue weighted by Crippen LogP contribution is -2.01. The number of benzene rings is 1. The summed E-state index contributed by atoms with van der Waals surface area (Å²) in [5.41, 5.74) is 7.39. The molecule has 0 unspecified atom stereocenters. The molecule has 2 aromatic rings. The summed E-state index contributed by atoms with van der Waals surface area (Å²) in [7, 11) is 0. The molecule has 2 N–H and O–H groups in total. The second-order valence-electron chi connectivity index (χ2n) is 4.21. The fourth-order valence-corrected chi connectivity index (χ4v) is 1.65. The van der Waals surface area contributed by atoms with Gasteiger partial charge in [0.2, 0.25) is 0 Å². The summed E-state index contributed by atoms with van der Waals surface area (Å²) in [5.74, 6) is 1.94. The molecule has 0 radical (unpaired) electrons. The highest BCUT2D eigenvalue weighted by Gasteiger charge is 2.09. The second kappa shape index (κ2) is 6.09. The van der Waals surface area contributed by atoms with Gasteiger partial charge in [-0.2, -0.15) is 0 Å². The number of aryl methyl sites for hydroxylation is 1. The van der Waals surface area contributed by atoms with Crippen molar-refractivity contribution in [2.75, 3.05) is 12.3 Å². The van der Waals surface area contributed by atoms with E-state index in [4.69, 9.17) is 15.2 Å². The molecular weight excluding hydrogens is 240 g/mol. The van der Waals surface area contributed by atoms with E-state index < -0.39 is 0 Å². The standard InChI is InChI=1S/C15H18N2O2/c1-3-10-18-13-6-4-7-14(15(13)16)19-12-8-5-9-17-11(12)2/h4-9H,3,10,16H2,1-2H3. The first-order valence-corrected chi connectivity index (χ1v) is 6.33. The van der Waals surface area contributed by atoms with Crippen LogP contribution in [-0.4, -0.2) is 11.6 Å². The first-order chi connectivity index (χ1) is 9.22. The molecule has 1 aromatic heterocycles. The van der Waals surface area contributed by atoms with Crippen LogP contribution in [0.4, 0.5) is 5.69 Å². The van der Waals surface area contributed by atoms with Gasteiger partial charge in [0.1, 0.15) is 17.2 Å². The van der Waals surface area contributed by atoms with Crippen LogP contribution in [0.2, 0.25) is 0 Å². The van der Waals surface area contributed by atoms with Gasteiger partial charge in [0, 0.05) is 6.20 Å². The van der Waals surface area contributed by atoms with E-state index in [1.165, 1.54) is 0 Å². The third kappa shape index (κ3) is 3.16. The molecule has 2 rings (SSSR count). The van der Waals surface area contributed by atoms with E-state index in [1.807, 2.05) is 37.3 Å². The summed E-state index contributed by atoms with van der Waals surface area (Å²) in [6, 6.07) is 9.22. The van der Waals surface area contributed by atoms with Crippen molar-refractivity contribution in [1.82, 2.24) is 4.98 Å². The van der Waals surface area contributed by atoms with E-state index in [2.05, 4.69) is 11.9 Å². The number of para-hydroxylation sites is 1. The number of nitrogens with two attached hydrogens (primary N) is 1. The maximum atomic E-state index is 6.05. The number of hydrogen-bond donors (Lipinski definition) is 1. The van der Waals surface area contributed by atoms with Crippen molar-refractivity contribution in [3.05, 3.63) is 42.2 Å². The number of nitrogens with zero attached hydrogens (tertiary/aromatic N) is 1. The molecule has 4 nitrogen and oxygen atoms in total. The normalized spacial score (nSPS) is 10.2. The Bertz CT molecular complexity index is 556. The summed E-state index contributed by atoms with van der Waals surface area (Å²) in [5, 5.41) is 0. The van der Waals surface area contributed by atoms with Crippen LogP contribution >= 0.6 is 0 Å². The largest absolute Gasteiger partial charge is 0.491 e. The molecule has 100 valence electrons. The van der Waals surface area contributed by atoms with Crippen LogP contribution in [0.25, 0.3) is 0 Å². The SMILES string of the molecule is CCCOc1cccc(Oc2cccnc2C)c1N. The van der Waals surface area contributed by atoms with Crippen molar-refractivity contribution >= 4 is 5.69 Å². The smallest absolute Gasteiger partial charge is 0.154 e. The summed E-state index contributed by atoms with van der Waals surface area (Å²) in [6.07, 6.45) is 2.67. The molecule has 0 amide bonds. The van der Waals surface area contributed by atoms with E-state index in [9.17, 15) is 0 Å². The van der Waals surface area contributed by atoms with Crippen LogP contribution in [0.15, 0.2) is 36.5 Å². The maximum Gasteiger partial charge on any atom is 0.154 e. The zero-order chi connectivity index (χ0) is 13.7. The highest BCUT2D eigenvalue weighted by Crippen LogP contribution is 2.35. The number of anilines is 1. The molecule has 0 aliphatic carbocycles. The number of ether oxygens (including phenoxy) is 2. The van der Waals surface area contributed by atoms with Gasteiger partial charge in [-0.25, -0.2) is 0 Å². The second-order valence-corrected chi connectivity index (χ2v) is 4.21. The number of pyridine rings is 1. The molecule has 0 aliphatic heterocycles. The average Bonchev–Trinajstić information content (AvgIpc) is 2.42. The lowest BCUT2D eigenvalue weighted by Gasteiger charge is -2.13. The molecule has 0 saturated carbocycles. The van der Waals surface area contributed by atoms with Crippen LogP contribution in [0.3, 0.4) is 0 Å². The molecule has 1 aromatic carbocycles. The molecule has 0 aliphatic rings. The van der Waals surface area contributed by atoms with Crippen LogP contribution in [-0.2, 0) is 0 Å². The highest BCUT2D eigenvalue weighted by atomic mass is 16.5. The number of aromatic nitrogens is 1. The van der Waals surface area contributed by atoms with Crippen molar-refractivity contribution in [3.63, 3.8) is 0 Å². The number of nitrogen functional groups attached to an aromatic ring is 1. The zero-order valence-corrected chi connectivity index (χ0v) is 11.2. The van der Waals surface area contributed by atoms with Gasteiger partial charge in [-0.3, -0.25) is 4.98 Å². The Morgan fingerprint density at radius 1 is 1.11 bits per heavy atom. The van der Waals surface area contributed by atoms with Gasteiger partial charge < -0.3 is 15.2 Å². The van der Waals surface area contributed by atoms with Crippen LogP contribution in [0.5, 0.6) is 17.2 Å². The quantitative estimate of drug-likeness (QED) is 0.833. The minimum atomic E-state index is 0.513. The van der Waals surface area contributed by atoms with E-state index >= 15 is 0 Å². The maximum absolute atomic E-state index is 6.05. The third-order valence-corrected chi connectivity index (χ3v) is 2.67. The van der Waals surface area contributed by atoms with Gasteiger partial charge in [0.15, 0.2) is 5.75 Å². The number of rotatable bonds is 5. The molecule has 4 heteroatoms. The average molecular weight is 258 g/mol. The minimum absolute atomic E-state index is 0.513. The van der Waals surface area contributed by atoms with Crippen LogP contribution in [0, 0.1) is 6.92 Å². The molecule has 0 atom stereocenters. The van der Waals surface area contributed by atoms with E-state index in [0.29, 0.717) is 29.5 Å². The third-order valence-electron chi connectivity index (χ3n) is 2.67. The van der Waals surface area contributed by atoms with Gasteiger partial charge >= 0.3 is 0 Å². The molecule has 1 heterocycles. The van der Waals surface area contributed by atoms with Crippen molar-refractivity contribution in [2.45, 2.75) is 20.3 Å². The Labute approximate surface area is 113 Å². The Kier molecular flexibility index (Phi) is 4.23.